The van der Waals surface area contributed by atoms with Gasteiger partial charge in [-0.1, -0.05) is 5.22 Å². The summed E-state index contributed by atoms with van der Waals surface area (Å²) >= 11 is 0. The number of nitrogens with two attached hydrogens (primary N) is 1. The van der Waals surface area contributed by atoms with Gasteiger partial charge in [0, 0.05) is 0 Å². The van der Waals surface area contributed by atoms with Crippen molar-refractivity contribution in [1.82, 2.24) is 26.3 Å². The molecule has 13 heteroatoms. The van der Waals surface area contributed by atoms with Gasteiger partial charge >= 0.3 is 0 Å². The zero-order valence-electron chi connectivity index (χ0n) is 12.6. The molecule has 130 valence electrons. The fourth-order valence-corrected chi connectivity index (χ4v) is 3.10. The Kier molecular flexibility index (Phi) is 4.71. The molecular weight excluding hydrogens is 320 g/mol. The molecule has 5 atom stereocenters. The van der Waals surface area contributed by atoms with Gasteiger partial charge in [-0.25, -0.2) is 11.2 Å². The third-order valence-corrected chi connectivity index (χ3v) is 4.11. The van der Waals surface area contributed by atoms with Gasteiger partial charge in [-0.2, -0.15) is 10.8 Å². The minimum absolute atomic E-state index is 0.192. The molecule has 3 aliphatic heterocycles. The number of hydrogen-bond donors (Lipinski definition) is 6. The molecular formula is C11H18N10O3. The zero-order valence-corrected chi connectivity index (χ0v) is 12.6. The molecule has 0 spiro atoms. The molecule has 3 heterocycles. The maximum Gasteiger partial charge on any atom is 0.189 e. The van der Waals surface area contributed by atoms with Crippen LogP contribution in [0, 0.1) is 27.7 Å². The first-order chi connectivity index (χ1) is 11.7. The highest BCUT2D eigenvalue weighted by Gasteiger charge is 2.45. The van der Waals surface area contributed by atoms with E-state index < -0.39 is 18.7 Å². The van der Waals surface area contributed by atoms with Crippen LogP contribution in [0.3, 0.4) is 0 Å². The predicted molar refractivity (Wildman–Crippen MR) is 77.3 cm³/mol. The van der Waals surface area contributed by atoms with Crippen LogP contribution in [-0.4, -0.2) is 43.0 Å². The van der Waals surface area contributed by atoms with E-state index in [0.717, 1.165) is 0 Å². The highest BCUT2D eigenvalue weighted by molar-refractivity contribution is 5.25. The molecule has 1 fully saturated rings. The van der Waals surface area contributed by atoms with Crippen LogP contribution < -0.4 is 27.3 Å². The molecule has 0 saturated carbocycles. The third kappa shape index (κ3) is 2.83. The van der Waals surface area contributed by atoms with Crippen molar-refractivity contribution in [3.63, 3.8) is 0 Å². The van der Waals surface area contributed by atoms with Gasteiger partial charge in [0.15, 0.2) is 12.5 Å². The van der Waals surface area contributed by atoms with Crippen molar-refractivity contribution < 1.29 is 9.57 Å². The number of nitriles is 1. The predicted octanol–water partition coefficient (Wildman–Crippen LogP) is -1.73. The average molecular weight is 338 g/mol. The lowest BCUT2D eigenvalue weighted by Crippen LogP contribution is -2.60. The Morgan fingerprint density at radius 2 is 2.46 bits per heavy atom. The smallest absolute Gasteiger partial charge is 0.189 e. The van der Waals surface area contributed by atoms with E-state index in [4.69, 9.17) is 16.2 Å². The number of ether oxygens (including phenoxy) is 1. The summed E-state index contributed by atoms with van der Waals surface area (Å²) < 4.78 is 5.88. The normalized spacial score (nSPS) is 34.8. The van der Waals surface area contributed by atoms with Crippen LogP contribution in [0.5, 0.6) is 0 Å². The number of nitrogens with zero attached hydrogens (tertiary/aromatic N) is 4. The van der Waals surface area contributed by atoms with E-state index in [1.165, 1.54) is 0 Å². The summed E-state index contributed by atoms with van der Waals surface area (Å²) in [4.78, 5) is 17.5. The van der Waals surface area contributed by atoms with Gasteiger partial charge in [-0.15, -0.1) is 4.91 Å². The molecule has 7 N–H and O–H groups in total. The first-order valence-electron chi connectivity index (χ1n) is 7.30. The van der Waals surface area contributed by atoms with E-state index in [-0.39, 0.29) is 18.6 Å². The number of nitroso groups, excluding NO2 is 1. The fourth-order valence-electron chi connectivity index (χ4n) is 3.10. The summed E-state index contributed by atoms with van der Waals surface area (Å²) in [5.41, 5.74) is 9.90. The Morgan fingerprint density at radius 3 is 3.12 bits per heavy atom. The second-order valence-electron chi connectivity index (χ2n) is 5.51. The molecule has 13 nitrogen and oxygen atoms in total. The second-order valence-corrected chi connectivity index (χ2v) is 5.51. The molecule has 24 heavy (non-hydrogen) atoms. The largest absolute Gasteiger partial charge is 0.365 e. The molecule has 0 aromatic carbocycles. The van der Waals surface area contributed by atoms with Gasteiger partial charge < -0.3 is 25.1 Å². The molecule has 3 aliphatic rings. The minimum Gasteiger partial charge on any atom is -0.365 e. The van der Waals surface area contributed by atoms with Crippen LogP contribution in [0.15, 0.2) is 21.9 Å². The van der Waals surface area contributed by atoms with Gasteiger partial charge in [0.05, 0.1) is 37.1 Å². The molecule has 0 bridgehead atoms. The van der Waals surface area contributed by atoms with Crippen molar-refractivity contribution in [2.45, 2.75) is 31.2 Å². The van der Waals surface area contributed by atoms with Crippen molar-refractivity contribution >= 4 is 0 Å². The van der Waals surface area contributed by atoms with Crippen LogP contribution >= 0.6 is 0 Å². The highest BCUT2D eigenvalue weighted by Crippen LogP contribution is 2.33. The third-order valence-electron chi connectivity index (χ3n) is 4.11. The minimum atomic E-state index is -0.837. The molecule has 0 amide bonds. The lowest BCUT2D eigenvalue weighted by Gasteiger charge is -2.34. The van der Waals surface area contributed by atoms with Gasteiger partial charge in [-0.3, -0.25) is 5.43 Å². The summed E-state index contributed by atoms with van der Waals surface area (Å²) in [7, 11) is 0. The zero-order chi connectivity index (χ0) is 17.1. The molecule has 0 aromatic heterocycles. The SMILES string of the molecule is N#C[C@H]1C[C@@H](CON)O[C@H]1N1CNC2=C1NC(NN=N)NC2N=O. The van der Waals surface area contributed by atoms with Crippen LogP contribution in [0.25, 0.3) is 0 Å². The van der Waals surface area contributed by atoms with E-state index in [2.05, 4.69) is 42.7 Å². The maximum atomic E-state index is 11.1. The first kappa shape index (κ1) is 16.3. The van der Waals surface area contributed by atoms with Crippen LogP contribution in [0.1, 0.15) is 6.42 Å². The van der Waals surface area contributed by atoms with E-state index >= 15 is 0 Å². The molecule has 2 unspecified atom stereocenters. The number of nitrogens with one attached hydrogen (secondary N) is 5. The maximum absolute atomic E-state index is 11.1. The quantitative estimate of drug-likeness (QED) is 0.184. The van der Waals surface area contributed by atoms with Crippen molar-refractivity contribution in [1.29, 1.82) is 10.8 Å². The Balaban J connectivity index is 1.81. The summed E-state index contributed by atoms with van der Waals surface area (Å²) in [6.45, 7) is 0.534. The first-order valence-corrected chi connectivity index (χ1v) is 7.30. The molecule has 0 aromatic rings. The standard InChI is InChI=1S/C11H18N10O3/c12-2-5-1-6(3-23-14)24-10(5)21-4-15-7-8(19-22)16-11(18-20-13)17-9(7)21/h5-6,8,10-11,15-17H,1,3-4,14H2,(H2,13,18)/t5-,6+,8?,10-,11?/m1/s1. The van der Waals surface area contributed by atoms with Gasteiger partial charge in [0.25, 0.3) is 0 Å². The van der Waals surface area contributed by atoms with E-state index in [1.807, 2.05) is 0 Å². The lowest BCUT2D eigenvalue weighted by molar-refractivity contribution is -0.0737. The summed E-state index contributed by atoms with van der Waals surface area (Å²) in [5.74, 6) is 5.27. The summed E-state index contributed by atoms with van der Waals surface area (Å²) in [6.07, 6.45) is -1.81. The molecule has 3 rings (SSSR count). The van der Waals surface area contributed by atoms with Crippen LogP contribution in [0.2, 0.25) is 0 Å². The Labute approximate surface area is 136 Å². The lowest BCUT2D eigenvalue weighted by atomic mass is 10.0. The van der Waals surface area contributed by atoms with Crippen molar-refractivity contribution in [2.75, 3.05) is 13.3 Å². The number of rotatable bonds is 6. The topological polar surface area (TPSA) is 185 Å². The van der Waals surface area contributed by atoms with Crippen molar-refractivity contribution in [3.05, 3.63) is 16.4 Å². The Bertz CT molecular complexity index is 577. The second kappa shape index (κ2) is 6.93. The fraction of sp³-hybridized carbons (Fsp3) is 0.727. The van der Waals surface area contributed by atoms with Crippen molar-refractivity contribution in [3.8, 4) is 6.07 Å². The van der Waals surface area contributed by atoms with Gasteiger partial charge in [0.2, 0.25) is 0 Å². The molecule has 0 aliphatic carbocycles. The van der Waals surface area contributed by atoms with Crippen LogP contribution in [0.4, 0.5) is 0 Å². The number of hydrogen-bond acceptors (Lipinski definition) is 12. The highest BCUT2D eigenvalue weighted by atomic mass is 16.6. The molecule has 0 radical (unpaired) electrons. The van der Waals surface area contributed by atoms with E-state index in [1.54, 1.807) is 4.90 Å². The van der Waals surface area contributed by atoms with E-state index in [9.17, 15) is 10.2 Å². The van der Waals surface area contributed by atoms with Gasteiger partial charge in [-0.05, 0) is 11.6 Å². The average Bonchev–Trinajstić information content (AvgIpc) is 3.18. The van der Waals surface area contributed by atoms with Gasteiger partial charge in [0.1, 0.15) is 12.0 Å². The Hall–Kier alpha value is -2.53. The van der Waals surface area contributed by atoms with Crippen LogP contribution in [-0.2, 0) is 9.57 Å². The summed E-state index contributed by atoms with van der Waals surface area (Å²) in [6, 6.07) is 2.23. The Morgan fingerprint density at radius 1 is 1.62 bits per heavy atom. The van der Waals surface area contributed by atoms with Crippen molar-refractivity contribution in [2.24, 2.45) is 22.2 Å². The van der Waals surface area contributed by atoms with E-state index in [0.29, 0.717) is 24.6 Å². The summed E-state index contributed by atoms with van der Waals surface area (Å²) in [5, 5.41) is 24.5. The monoisotopic (exact) mass is 338 g/mol. The molecule has 1 saturated heterocycles.